The highest BCUT2D eigenvalue weighted by Crippen LogP contribution is 2.28. The lowest BCUT2D eigenvalue weighted by atomic mass is 10.2. The van der Waals surface area contributed by atoms with Crippen LogP contribution in [0.2, 0.25) is 0 Å². The topological polar surface area (TPSA) is 116 Å². The number of nitrogen functional groups attached to an aromatic ring is 1. The zero-order valence-electron chi connectivity index (χ0n) is 10.5. The van der Waals surface area contributed by atoms with E-state index in [1.54, 1.807) is 6.33 Å². The summed E-state index contributed by atoms with van der Waals surface area (Å²) in [6.07, 6.45) is 7.28. The Hall–Kier alpha value is -2.48. The van der Waals surface area contributed by atoms with E-state index in [4.69, 9.17) is 15.6 Å². The van der Waals surface area contributed by atoms with Crippen LogP contribution in [0.5, 0.6) is 0 Å². The number of fused-ring (bicyclic) bond motifs is 1. The van der Waals surface area contributed by atoms with Crippen LogP contribution < -0.4 is 5.73 Å². The van der Waals surface area contributed by atoms with E-state index in [0.29, 0.717) is 23.4 Å². The normalized spacial score (nSPS) is 21.6. The molecule has 0 amide bonds. The molecule has 0 radical (unpaired) electrons. The first-order chi connectivity index (χ1) is 9.65. The van der Waals surface area contributed by atoms with Crippen molar-refractivity contribution < 1.29 is 14.6 Å². The van der Waals surface area contributed by atoms with Gasteiger partial charge in [-0.05, 0) is 0 Å². The first-order valence-corrected chi connectivity index (χ1v) is 6.10. The van der Waals surface area contributed by atoms with E-state index >= 15 is 0 Å². The van der Waals surface area contributed by atoms with Crippen LogP contribution in [0.1, 0.15) is 12.5 Å². The highest BCUT2D eigenvalue weighted by atomic mass is 16.5. The van der Waals surface area contributed by atoms with Crippen molar-refractivity contribution >= 4 is 23.0 Å². The standard InChI is InChI=1S/C12H13N5O3/c13-11-10-12(15-5-14-11)17(6-16-10)7-1-2-8(3-7)20-4-9(18)19/h1-2,5-8H,3-4H2,(H,18,19)(H2,13,14,15)/t7-,8+/m0/s1. The van der Waals surface area contributed by atoms with Crippen LogP contribution in [0.15, 0.2) is 24.8 Å². The van der Waals surface area contributed by atoms with E-state index in [0.717, 1.165) is 0 Å². The van der Waals surface area contributed by atoms with Crippen LogP contribution in [0.3, 0.4) is 0 Å². The summed E-state index contributed by atoms with van der Waals surface area (Å²) in [6.45, 7) is -0.304. The van der Waals surface area contributed by atoms with Crippen LogP contribution >= 0.6 is 0 Å². The van der Waals surface area contributed by atoms with Crippen LogP contribution in [-0.2, 0) is 9.53 Å². The molecule has 1 aliphatic carbocycles. The lowest BCUT2D eigenvalue weighted by Crippen LogP contribution is -2.16. The van der Waals surface area contributed by atoms with Gasteiger partial charge in [-0.25, -0.2) is 19.7 Å². The van der Waals surface area contributed by atoms with Gasteiger partial charge in [-0.3, -0.25) is 0 Å². The number of nitrogens with zero attached hydrogens (tertiary/aromatic N) is 4. The number of carboxylic acid groups (broad SMARTS) is 1. The maximum absolute atomic E-state index is 10.5. The molecule has 0 spiro atoms. The molecule has 0 saturated carbocycles. The maximum Gasteiger partial charge on any atom is 0.329 e. The number of ether oxygens (including phenoxy) is 1. The van der Waals surface area contributed by atoms with Gasteiger partial charge in [0.15, 0.2) is 11.5 Å². The fourth-order valence-corrected chi connectivity index (χ4v) is 2.27. The molecule has 3 rings (SSSR count). The number of aliphatic carboxylic acids is 1. The Morgan fingerprint density at radius 1 is 1.45 bits per heavy atom. The SMILES string of the molecule is Nc1ncnc2c1ncn2[C@H]1C=C[C@@H](OCC(=O)O)C1. The molecule has 2 aromatic heterocycles. The molecule has 0 unspecified atom stereocenters. The number of anilines is 1. The molecule has 104 valence electrons. The average molecular weight is 275 g/mol. The van der Waals surface area contributed by atoms with Gasteiger partial charge in [-0.15, -0.1) is 0 Å². The number of carbonyl (C=O) groups is 1. The zero-order valence-corrected chi connectivity index (χ0v) is 10.5. The molecule has 3 N–H and O–H groups in total. The van der Waals surface area contributed by atoms with Gasteiger partial charge in [0.25, 0.3) is 0 Å². The van der Waals surface area contributed by atoms with E-state index in [1.165, 1.54) is 6.33 Å². The Labute approximate surface area is 113 Å². The highest BCUT2D eigenvalue weighted by Gasteiger charge is 2.23. The molecule has 1 aliphatic rings. The fourth-order valence-electron chi connectivity index (χ4n) is 2.27. The summed E-state index contributed by atoms with van der Waals surface area (Å²) < 4.78 is 7.13. The van der Waals surface area contributed by atoms with Crippen LogP contribution in [0.25, 0.3) is 11.2 Å². The molecule has 0 saturated heterocycles. The number of carboxylic acids is 1. The smallest absolute Gasteiger partial charge is 0.329 e. The number of imidazole rings is 1. The van der Waals surface area contributed by atoms with E-state index in [9.17, 15) is 4.79 Å². The van der Waals surface area contributed by atoms with E-state index < -0.39 is 5.97 Å². The monoisotopic (exact) mass is 275 g/mol. The van der Waals surface area contributed by atoms with E-state index in [-0.39, 0.29) is 18.8 Å². The summed E-state index contributed by atoms with van der Waals surface area (Å²) in [4.78, 5) is 22.8. The van der Waals surface area contributed by atoms with Gasteiger partial charge < -0.3 is 20.1 Å². The number of aromatic nitrogens is 4. The third kappa shape index (κ3) is 2.21. The summed E-state index contributed by atoms with van der Waals surface area (Å²) in [6, 6.07) is 0.0214. The maximum atomic E-state index is 10.5. The Morgan fingerprint density at radius 3 is 3.10 bits per heavy atom. The Kier molecular flexibility index (Phi) is 3.07. The van der Waals surface area contributed by atoms with Crippen molar-refractivity contribution in [3.63, 3.8) is 0 Å². The summed E-state index contributed by atoms with van der Waals surface area (Å²) >= 11 is 0. The number of hydrogen-bond donors (Lipinski definition) is 2. The first-order valence-electron chi connectivity index (χ1n) is 6.10. The molecule has 0 aliphatic heterocycles. The van der Waals surface area contributed by atoms with Gasteiger partial charge in [-0.1, -0.05) is 12.2 Å². The molecular weight excluding hydrogens is 262 g/mol. The second kappa shape index (κ2) is 4.89. The highest BCUT2D eigenvalue weighted by molar-refractivity contribution is 5.81. The molecule has 20 heavy (non-hydrogen) atoms. The number of hydrogen-bond acceptors (Lipinski definition) is 6. The number of rotatable bonds is 4. The summed E-state index contributed by atoms with van der Waals surface area (Å²) in [5.41, 5.74) is 6.97. The number of allylic oxidation sites excluding steroid dienone is 1. The van der Waals surface area contributed by atoms with Gasteiger partial charge in [0.1, 0.15) is 18.5 Å². The largest absolute Gasteiger partial charge is 0.480 e. The van der Waals surface area contributed by atoms with Gasteiger partial charge >= 0.3 is 5.97 Å². The molecule has 8 nitrogen and oxygen atoms in total. The molecule has 2 heterocycles. The minimum absolute atomic E-state index is 0.0214. The average Bonchev–Trinajstić information content (AvgIpc) is 3.02. The molecule has 2 aromatic rings. The Bertz CT molecular complexity index is 681. The molecule has 8 heteroatoms. The van der Waals surface area contributed by atoms with Gasteiger partial charge in [0.05, 0.1) is 18.5 Å². The molecule has 0 fully saturated rings. The van der Waals surface area contributed by atoms with Gasteiger partial charge in [0.2, 0.25) is 0 Å². The lowest BCUT2D eigenvalue weighted by molar-refractivity contribution is -0.143. The van der Waals surface area contributed by atoms with Crippen molar-refractivity contribution in [1.29, 1.82) is 0 Å². The molecule has 2 atom stereocenters. The molecular formula is C12H13N5O3. The fraction of sp³-hybridized carbons (Fsp3) is 0.333. The van der Waals surface area contributed by atoms with Crippen molar-refractivity contribution in [3.05, 3.63) is 24.8 Å². The third-order valence-corrected chi connectivity index (χ3v) is 3.19. The summed E-state index contributed by atoms with van der Waals surface area (Å²) in [5.74, 6) is -0.634. The predicted molar refractivity (Wildman–Crippen MR) is 69.9 cm³/mol. The second-order valence-electron chi connectivity index (χ2n) is 4.51. The number of nitrogens with two attached hydrogens (primary N) is 1. The van der Waals surface area contributed by atoms with Gasteiger partial charge in [0, 0.05) is 6.42 Å². The van der Waals surface area contributed by atoms with Crippen molar-refractivity contribution in [2.75, 3.05) is 12.3 Å². The Balaban J connectivity index is 1.79. The minimum Gasteiger partial charge on any atom is -0.480 e. The molecule has 0 bridgehead atoms. The molecule has 0 aromatic carbocycles. The summed E-state index contributed by atoms with van der Waals surface area (Å²) in [5, 5.41) is 8.60. The summed E-state index contributed by atoms with van der Waals surface area (Å²) in [7, 11) is 0. The lowest BCUT2D eigenvalue weighted by Gasteiger charge is -2.13. The van der Waals surface area contributed by atoms with Crippen molar-refractivity contribution in [2.24, 2.45) is 0 Å². The van der Waals surface area contributed by atoms with Gasteiger partial charge in [-0.2, -0.15) is 0 Å². The second-order valence-corrected chi connectivity index (χ2v) is 4.51. The third-order valence-electron chi connectivity index (χ3n) is 3.19. The van der Waals surface area contributed by atoms with Crippen LogP contribution in [0, 0.1) is 0 Å². The zero-order chi connectivity index (χ0) is 14.1. The van der Waals surface area contributed by atoms with Crippen LogP contribution in [0.4, 0.5) is 5.82 Å². The van der Waals surface area contributed by atoms with Crippen molar-refractivity contribution in [2.45, 2.75) is 18.6 Å². The van der Waals surface area contributed by atoms with Crippen LogP contribution in [-0.4, -0.2) is 43.3 Å². The van der Waals surface area contributed by atoms with E-state index in [1.807, 2.05) is 16.7 Å². The Morgan fingerprint density at radius 2 is 2.30 bits per heavy atom. The van der Waals surface area contributed by atoms with Crippen molar-refractivity contribution in [3.8, 4) is 0 Å². The van der Waals surface area contributed by atoms with Crippen molar-refractivity contribution in [1.82, 2.24) is 19.5 Å². The minimum atomic E-state index is -0.976. The predicted octanol–water partition coefficient (Wildman–Crippen LogP) is 0.379. The first kappa shape index (κ1) is 12.5. The van der Waals surface area contributed by atoms with E-state index in [2.05, 4.69) is 15.0 Å². The quantitative estimate of drug-likeness (QED) is 0.774.